The first-order chi connectivity index (χ1) is 15.3. The second-order valence-corrected chi connectivity index (χ2v) is 7.39. The molecule has 2 amide bonds. The third kappa shape index (κ3) is 4.30. The third-order valence-electron chi connectivity index (χ3n) is 5.25. The van der Waals surface area contributed by atoms with Gasteiger partial charge in [0.1, 0.15) is 6.61 Å². The van der Waals surface area contributed by atoms with Gasteiger partial charge in [-0.05, 0) is 60.0 Å². The Bertz CT molecular complexity index is 1160. The number of cyclic esters (lactones) is 1. The number of nitrogens with zero attached hydrogens (tertiary/aromatic N) is 1. The van der Waals surface area contributed by atoms with E-state index in [1.54, 1.807) is 12.1 Å². The topological polar surface area (TPSA) is 58.6 Å². The maximum atomic E-state index is 13.5. The number of benzene rings is 3. The van der Waals surface area contributed by atoms with E-state index in [1.165, 1.54) is 29.2 Å². The molecule has 3 aromatic rings. The van der Waals surface area contributed by atoms with Gasteiger partial charge in [-0.1, -0.05) is 24.3 Å². The summed E-state index contributed by atoms with van der Waals surface area (Å²) in [4.78, 5) is 26.0. The summed E-state index contributed by atoms with van der Waals surface area (Å²) < 4.78 is 45.1. The summed E-state index contributed by atoms with van der Waals surface area (Å²) in [5.41, 5.74) is 2.46. The quantitative estimate of drug-likeness (QED) is 0.554. The van der Waals surface area contributed by atoms with E-state index in [1.807, 2.05) is 19.1 Å². The summed E-state index contributed by atoms with van der Waals surface area (Å²) >= 11 is 0. The molecule has 0 radical (unpaired) electrons. The van der Waals surface area contributed by atoms with Gasteiger partial charge >= 0.3 is 6.09 Å². The molecular formula is C24H19F3N2O3. The normalized spacial score (nSPS) is 14.2. The Hall–Kier alpha value is -3.81. The lowest BCUT2D eigenvalue weighted by Crippen LogP contribution is -2.27. The van der Waals surface area contributed by atoms with Crippen molar-refractivity contribution in [2.45, 2.75) is 13.0 Å². The van der Waals surface area contributed by atoms with E-state index >= 15 is 0 Å². The first-order valence-electron chi connectivity index (χ1n) is 9.93. The van der Waals surface area contributed by atoms with Crippen molar-refractivity contribution < 1.29 is 27.5 Å². The first kappa shape index (κ1) is 21.4. The van der Waals surface area contributed by atoms with Crippen molar-refractivity contribution in [1.29, 1.82) is 0 Å². The summed E-state index contributed by atoms with van der Waals surface area (Å²) in [7, 11) is 0. The Morgan fingerprint density at radius 3 is 2.31 bits per heavy atom. The second-order valence-electron chi connectivity index (χ2n) is 7.39. The molecule has 0 bridgehead atoms. The van der Waals surface area contributed by atoms with Crippen LogP contribution in [0.1, 0.15) is 28.9 Å². The predicted molar refractivity (Wildman–Crippen MR) is 113 cm³/mol. The van der Waals surface area contributed by atoms with Crippen LogP contribution in [-0.4, -0.2) is 25.2 Å². The van der Waals surface area contributed by atoms with Crippen LogP contribution in [0.15, 0.2) is 60.7 Å². The zero-order valence-corrected chi connectivity index (χ0v) is 17.1. The molecule has 164 valence electrons. The van der Waals surface area contributed by atoms with Gasteiger partial charge in [0.25, 0.3) is 5.91 Å². The lowest BCUT2D eigenvalue weighted by atomic mass is 10.0. The van der Waals surface area contributed by atoms with Gasteiger partial charge in [-0.3, -0.25) is 9.69 Å². The molecule has 3 aromatic carbocycles. The number of carbonyl (C=O) groups excluding carboxylic acids is 2. The average molecular weight is 440 g/mol. The van der Waals surface area contributed by atoms with Crippen molar-refractivity contribution in [2.24, 2.45) is 0 Å². The van der Waals surface area contributed by atoms with Crippen LogP contribution in [-0.2, 0) is 4.74 Å². The number of hydrogen-bond acceptors (Lipinski definition) is 3. The minimum atomic E-state index is -1.52. The fourth-order valence-corrected chi connectivity index (χ4v) is 3.49. The number of ether oxygens (including phenoxy) is 1. The summed E-state index contributed by atoms with van der Waals surface area (Å²) in [6.07, 6.45) is -0.403. The fourth-order valence-electron chi connectivity index (χ4n) is 3.49. The number of rotatable bonds is 5. The van der Waals surface area contributed by atoms with Crippen LogP contribution in [0.25, 0.3) is 11.1 Å². The second kappa shape index (κ2) is 8.74. The molecule has 0 aromatic heterocycles. The molecule has 0 spiro atoms. The van der Waals surface area contributed by atoms with Crippen LogP contribution in [0.4, 0.5) is 23.7 Å². The molecule has 0 saturated carbocycles. The lowest BCUT2D eigenvalue weighted by Gasteiger charge is -2.18. The SMILES string of the molecule is C[C@@H](NC(=O)c1ccc(-c2cc(F)c(F)c(F)c2)cc1)c1cccc(N2CCOC2=O)c1. The van der Waals surface area contributed by atoms with E-state index in [4.69, 9.17) is 4.74 Å². The highest BCUT2D eigenvalue weighted by Crippen LogP contribution is 2.25. The Morgan fingerprint density at radius 1 is 1.00 bits per heavy atom. The number of hydrogen-bond donors (Lipinski definition) is 1. The van der Waals surface area contributed by atoms with Gasteiger partial charge in [-0.15, -0.1) is 0 Å². The zero-order valence-electron chi connectivity index (χ0n) is 17.1. The zero-order chi connectivity index (χ0) is 22.8. The first-order valence-corrected chi connectivity index (χ1v) is 9.93. The Balaban J connectivity index is 1.47. The highest BCUT2D eigenvalue weighted by molar-refractivity contribution is 5.95. The molecule has 1 atom stereocenters. The molecule has 5 nitrogen and oxygen atoms in total. The molecule has 0 aliphatic carbocycles. The van der Waals surface area contributed by atoms with Crippen molar-refractivity contribution in [3.05, 3.63) is 89.2 Å². The van der Waals surface area contributed by atoms with Crippen molar-refractivity contribution in [3.63, 3.8) is 0 Å². The minimum absolute atomic E-state index is 0.166. The molecular weight excluding hydrogens is 421 g/mol. The maximum absolute atomic E-state index is 13.5. The van der Waals surface area contributed by atoms with Crippen molar-refractivity contribution >= 4 is 17.7 Å². The Kier molecular flexibility index (Phi) is 5.85. The van der Waals surface area contributed by atoms with Crippen LogP contribution in [0.2, 0.25) is 0 Å². The van der Waals surface area contributed by atoms with E-state index < -0.39 is 23.5 Å². The maximum Gasteiger partial charge on any atom is 0.414 e. The van der Waals surface area contributed by atoms with Crippen LogP contribution in [0, 0.1) is 17.5 Å². The van der Waals surface area contributed by atoms with Gasteiger partial charge in [0.15, 0.2) is 17.5 Å². The number of amides is 2. The number of anilines is 1. The van der Waals surface area contributed by atoms with Crippen LogP contribution in [0.5, 0.6) is 0 Å². The third-order valence-corrected chi connectivity index (χ3v) is 5.25. The van der Waals surface area contributed by atoms with Gasteiger partial charge in [0.05, 0.1) is 12.6 Å². The van der Waals surface area contributed by atoms with Gasteiger partial charge in [-0.25, -0.2) is 18.0 Å². The van der Waals surface area contributed by atoms with E-state index in [0.717, 1.165) is 17.7 Å². The number of halogens is 3. The highest BCUT2D eigenvalue weighted by Gasteiger charge is 2.24. The standard InChI is InChI=1S/C24H19F3N2O3/c1-14(17-3-2-4-19(11-17)29-9-10-32-24(29)31)28-23(30)16-7-5-15(6-8-16)18-12-20(25)22(27)21(26)13-18/h2-8,11-14H,9-10H2,1H3,(H,28,30)/t14-/m1/s1. The van der Waals surface area contributed by atoms with Crippen molar-refractivity contribution in [3.8, 4) is 11.1 Å². The Morgan fingerprint density at radius 2 is 1.69 bits per heavy atom. The average Bonchev–Trinajstić information content (AvgIpc) is 3.23. The molecule has 4 rings (SSSR count). The molecule has 8 heteroatoms. The van der Waals surface area contributed by atoms with Gasteiger partial charge in [-0.2, -0.15) is 0 Å². The molecule has 1 fully saturated rings. The molecule has 1 aliphatic heterocycles. The molecule has 1 aliphatic rings. The summed E-state index contributed by atoms with van der Waals surface area (Å²) in [5, 5.41) is 2.88. The van der Waals surface area contributed by atoms with Gasteiger partial charge in [0.2, 0.25) is 0 Å². The summed E-state index contributed by atoms with van der Waals surface area (Å²) in [6, 6.07) is 14.8. The van der Waals surface area contributed by atoms with Crippen LogP contribution >= 0.6 is 0 Å². The molecule has 0 unspecified atom stereocenters. The lowest BCUT2D eigenvalue weighted by molar-refractivity contribution is 0.0940. The fraction of sp³-hybridized carbons (Fsp3) is 0.167. The van der Waals surface area contributed by atoms with Crippen LogP contribution < -0.4 is 10.2 Å². The van der Waals surface area contributed by atoms with E-state index in [2.05, 4.69) is 5.32 Å². The van der Waals surface area contributed by atoms with Crippen molar-refractivity contribution in [1.82, 2.24) is 5.32 Å². The predicted octanol–water partition coefficient (Wildman–Crippen LogP) is 5.22. The molecule has 32 heavy (non-hydrogen) atoms. The van der Waals surface area contributed by atoms with Gasteiger partial charge in [0, 0.05) is 11.3 Å². The van der Waals surface area contributed by atoms with E-state index in [-0.39, 0.29) is 17.5 Å². The number of nitrogens with one attached hydrogen (secondary N) is 1. The van der Waals surface area contributed by atoms with Crippen LogP contribution in [0.3, 0.4) is 0 Å². The van der Waals surface area contributed by atoms with Gasteiger partial charge < -0.3 is 10.1 Å². The van der Waals surface area contributed by atoms with Crippen molar-refractivity contribution in [2.75, 3.05) is 18.1 Å². The van der Waals surface area contributed by atoms with E-state index in [9.17, 15) is 22.8 Å². The molecule has 1 saturated heterocycles. The summed E-state index contributed by atoms with van der Waals surface area (Å²) in [6.45, 7) is 2.62. The van der Waals surface area contributed by atoms with E-state index in [0.29, 0.717) is 30.0 Å². The Labute approximate surface area is 182 Å². The molecule has 1 N–H and O–H groups in total. The monoisotopic (exact) mass is 440 g/mol. The smallest absolute Gasteiger partial charge is 0.414 e. The highest BCUT2D eigenvalue weighted by atomic mass is 19.2. The summed E-state index contributed by atoms with van der Waals surface area (Å²) in [5.74, 6) is -4.42. The molecule has 1 heterocycles. The number of carbonyl (C=O) groups is 2. The minimum Gasteiger partial charge on any atom is -0.447 e. The largest absolute Gasteiger partial charge is 0.447 e.